The van der Waals surface area contributed by atoms with E-state index >= 15 is 0 Å². The first kappa shape index (κ1) is 16.3. The molecule has 1 amide bonds. The number of hydrogen-bond donors (Lipinski definition) is 1. The Labute approximate surface area is 153 Å². The summed E-state index contributed by atoms with van der Waals surface area (Å²) in [6.07, 6.45) is 6.74. The van der Waals surface area contributed by atoms with Crippen LogP contribution in [0.4, 0.5) is 5.13 Å². The summed E-state index contributed by atoms with van der Waals surface area (Å²) in [5.74, 6) is -0.246. The molecule has 4 aromatic rings. The molecule has 0 aliphatic rings. The highest BCUT2D eigenvalue weighted by Gasteiger charge is 2.13. The Kier molecular flexibility index (Phi) is 4.18. The third-order valence-electron chi connectivity index (χ3n) is 3.87. The molecule has 0 saturated carbocycles. The van der Waals surface area contributed by atoms with Gasteiger partial charge in [-0.1, -0.05) is 0 Å². The van der Waals surface area contributed by atoms with Crippen molar-refractivity contribution in [2.45, 2.75) is 19.9 Å². The standard InChI is InChI=1S/C18H16N6OS/c1-11(2)24-16-13(9-21-24)6-14(8-20-16)17(25)23-18-22-15(10-26-18)12-4-3-5-19-7-12/h3-11H,1-2H3,(H,22,23,25). The molecular weight excluding hydrogens is 348 g/mol. The maximum atomic E-state index is 12.5. The normalized spacial score (nSPS) is 11.2. The lowest BCUT2D eigenvalue weighted by Gasteiger charge is -2.06. The van der Waals surface area contributed by atoms with Gasteiger partial charge in [0.05, 0.1) is 17.5 Å². The minimum absolute atomic E-state index is 0.209. The third kappa shape index (κ3) is 3.06. The van der Waals surface area contributed by atoms with E-state index in [0.717, 1.165) is 22.3 Å². The van der Waals surface area contributed by atoms with Crippen LogP contribution in [0.2, 0.25) is 0 Å². The average Bonchev–Trinajstić information content (AvgIpc) is 3.28. The van der Waals surface area contributed by atoms with Crippen LogP contribution in [-0.2, 0) is 0 Å². The SMILES string of the molecule is CC(C)n1ncc2cc(C(=O)Nc3nc(-c4cccnc4)cs3)cnc21. The number of aromatic nitrogens is 5. The molecule has 8 heteroatoms. The molecule has 0 atom stereocenters. The van der Waals surface area contributed by atoms with Gasteiger partial charge < -0.3 is 0 Å². The summed E-state index contributed by atoms with van der Waals surface area (Å²) >= 11 is 1.37. The van der Waals surface area contributed by atoms with Crippen molar-refractivity contribution in [1.82, 2.24) is 24.7 Å². The van der Waals surface area contributed by atoms with Crippen molar-refractivity contribution in [3.8, 4) is 11.3 Å². The molecule has 0 bridgehead atoms. The van der Waals surface area contributed by atoms with Crippen molar-refractivity contribution >= 4 is 33.4 Å². The van der Waals surface area contributed by atoms with Crippen LogP contribution in [-0.4, -0.2) is 30.6 Å². The van der Waals surface area contributed by atoms with Crippen molar-refractivity contribution in [2.75, 3.05) is 5.32 Å². The summed E-state index contributed by atoms with van der Waals surface area (Å²) < 4.78 is 1.83. The number of fused-ring (bicyclic) bond motifs is 1. The molecular formula is C18H16N6OS. The molecule has 4 aromatic heterocycles. The third-order valence-corrected chi connectivity index (χ3v) is 4.62. The molecule has 0 aromatic carbocycles. The van der Waals surface area contributed by atoms with Crippen LogP contribution < -0.4 is 5.32 Å². The lowest BCUT2D eigenvalue weighted by Crippen LogP contribution is -2.12. The minimum Gasteiger partial charge on any atom is -0.298 e. The first-order valence-electron chi connectivity index (χ1n) is 8.12. The molecule has 0 aliphatic carbocycles. The largest absolute Gasteiger partial charge is 0.298 e. The van der Waals surface area contributed by atoms with Crippen LogP contribution in [0.25, 0.3) is 22.3 Å². The molecule has 0 aliphatic heterocycles. The van der Waals surface area contributed by atoms with E-state index in [-0.39, 0.29) is 11.9 Å². The number of nitrogens with one attached hydrogen (secondary N) is 1. The summed E-state index contributed by atoms with van der Waals surface area (Å²) in [6.45, 7) is 4.08. The highest BCUT2D eigenvalue weighted by atomic mass is 32.1. The second-order valence-corrected chi connectivity index (χ2v) is 6.91. The van der Waals surface area contributed by atoms with Crippen LogP contribution in [0, 0.1) is 0 Å². The van der Waals surface area contributed by atoms with Gasteiger partial charge in [0.2, 0.25) is 0 Å². The number of carbonyl (C=O) groups is 1. The summed E-state index contributed by atoms with van der Waals surface area (Å²) in [7, 11) is 0. The van der Waals surface area contributed by atoms with Crippen LogP contribution in [0.5, 0.6) is 0 Å². The number of carbonyl (C=O) groups excluding carboxylic acids is 1. The second-order valence-electron chi connectivity index (χ2n) is 6.05. The molecule has 4 heterocycles. The van der Waals surface area contributed by atoms with Crippen molar-refractivity contribution in [3.05, 3.63) is 53.9 Å². The van der Waals surface area contributed by atoms with Crippen LogP contribution in [0.1, 0.15) is 30.2 Å². The maximum Gasteiger partial charge on any atom is 0.259 e. The lowest BCUT2D eigenvalue weighted by molar-refractivity contribution is 0.102. The molecule has 0 fully saturated rings. The second kappa shape index (κ2) is 6.64. The monoisotopic (exact) mass is 364 g/mol. The lowest BCUT2D eigenvalue weighted by atomic mass is 10.2. The average molecular weight is 364 g/mol. The zero-order chi connectivity index (χ0) is 18.1. The van der Waals surface area contributed by atoms with Gasteiger partial charge in [0.1, 0.15) is 0 Å². The topological polar surface area (TPSA) is 85.6 Å². The van der Waals surface area contributed by atoms with E-state index < -0.39 is 0 Å². The molecule has 26 heavy (non-hydrogen) atoms. The Morgan fingerprint density at radius 3 is 2.92 bits per heavy atom. The van der Waals surface area contributed by atoms with Gasteiger partial charge in [-0.05, 0) is 32.0 Å². The Morgan fingerprint density at radius 2 is 2.15 bits per heavy atom. The summed E-state index contributed by atoms with van der Waals surface area (Å²) in [5.41, 5.74) is 2.93. The first-order chi connectivity index (χ1) is 12.6. The van der Waals surface area contributed by atoms with Gasteiger partial charge in [0, 0.05) is 41.0 Å². The van der Waals surface area contributed by atoms with Crippen molar-refractivity contribution in [3.63, 3.8) is 0 Å². The number of thiazole rings is 1. The maximum absolute atomic E-state index is 12.5. The van der Waals surface area contributed by atoms with Crippen molar-refractivity contribution in [2.24, 2.45) is 0 Å². The van der Waals surface area contributed by atoms with Crippen molar-refractivity contribution in [1.29, 1.82) is 0 Å². The smallest absolute Gasteiger partial charge is 0.259 e. The molecule has 130 valence electrons. The van der Waals surface area contributed by atoms with Gasteiger partial charge in [-0.2, -0.15) is 5.10 Å². The predicted molar refractivity (Wildman–Crippen MR) is 101 cm³/mol. The molecule has 0 spiro atoms. The fourth-order valence-electron chi connectivity index (χ4n) is 2.59. The quantitative estimate of drug-likeness (QED) is 0.595. The molecule has 0 radical (unpaired) electrons. The molecule has 1 N–H and O–H groups in total. The molecule has 4 rings (SSSR count). The van der Waals surface area contributed by atoms with E-state index in [1.54, 1.807) is 30.9 Å². The highest BCUT2D eigenvalue weighted by molar-refractivity contribution is 7.14. The number of anilines is 1. The van der Waals surface area contributed by atoms with E-state index in [1.165, 1.54) is 11.3 Å². The van der Waals surface area contributed by atoms with Crippen LogP contribution in [0.3, 0.4) is 0 Å². The Balaban J connectivity index is 1.55. The summed E-state index contributed by atoms with van der Waals surface area (Å²) in [5, 5.41) is 10.4. The number of nitrogens with zero attached hydrogens (tertiary/aromatic N) is 5. The summed E-state index contributed by atoms with van der Waals surface area (Å²) in [4.78, 5) is 25.4. The Bertz CT molecular complexity index is 1070. The zero-order valence-corrected chi connectivity index (χ0v) is 15.1. The summed E-state index contributed by atoms with van der Waals surface area (Å²) in [6, 6.07) is 5.78. The number of rotatable bonds is 4. The molecule has 7 nitrogen and oxygen atoms in total. The van der Waals surface area contributed by atoms with Crippen LogP contribution >= 0.6 is 11.3 Å². The highest BCUT2D eigenvalue weighted by Crippen LogP contribution is 2.25. The fourth-order valence-corrected chi connectivity index (χ4v) is 3.30. The number of amides is 1. The van der Waals surface area contributed by atoms with Gasteiger partial charge in [0.15, 0.2) is 10.8 Å². The predicted octanol–water partition coefficient (Wildman–Crippen LogP) is 3.78. The van der Waals surface area contributed by atoms with Crippen molar-refractivity contribution < 1.29 is 4.79 Å². The van der Waals surface area contributed by atoms with E-state index in [0.29, 0.717) is 10.7 Å². The fraction of sp³-hybridized carbons (Fsp3) is 0.167. The van der Waals surface area contributed by atoms with Gasteiger partial charge >= 0.3 is 0 Å². The van der Waals surface area contributed by atoms with Gasteiger partial charge in [-0.25, -0.2) is 14.6 Å². The Morgan fingerprint density at radius 1 is 1.27 bits per heavy atom. The van der Waals surface area contributed by atoms with Crippen LogP contribution in [0.15, 0.2) is 48.4 Å². The van der Waals surface area contributed by atoms with E-state index in [4.69, 9.17) is 0 Å². The number of hydrogen-bond acceptors (Lipinski definition) is 6. The van der Waals surface area contributed by atoms with E-state index in [9.17, 15) is 4.79 Å². The molecule has 0 unspecified atom stereocenters. The van der Waals surface area contributed by atoms with E-state index in [2.05, 4.69) is 25.4 Å². The van der Waals surface area contributed by atoms with Gasteiger partial charge in [0.25, 0.3) is 5.91 Å². The van der Waals surface area contributed by atoms with E-state index in [1.807, 2.05) is 36.0 Å². The van der Waals surface area contributed by atoms with Gasteiger partial charge in [-0.3, -0.25) is 15.1 Å². The molecule has 0 saturated heterocycles. The minimum atomic E-state index is -0.246. The number of pyridine rings is 2. The van der Waals surface area contributed by atoms with Gasteiger partial charge in [-0.15, -0.1) is 11.3 Å². The Hall–Kier alpha value is -3.13. The zero-order valence-electron chi connectivity index (χ0n) is 14.2. The first-order valence-corrected chi connectivity index (χ1v) is 9.00.